The molecule has 1 aliphatic rings. The van der Waals surface area contributed by atoms with Gasteiger partial charge in [-0.3, -0.25) is 4.79 Å². The molecule has 0 radical (unpaired) electrons. The van der Waals surface area contributed by atoms with Gasteiger partial charge in [0.1, 0.15) is 13.2 Å². The Kier molecular flexibility index (Phi) is 6.01. The summed E-state index contributed by atoms with van der Waals surface area (Å²) in [5.74, 6) is 0.948. The molecule has 0 aromatic heterocycles. The highest BCUT2D eigenvalue weighted by molar-refractivity contribution is 8.00. The quantitative estimate of drug-likeness (QED) is 0.618. The standard InChI is InChI=1S/C19H19NO5S/c1-2-23-19(22)14-5-3-4-6-15(14)20-18(21)12-26-13-7-8-16-17(11-13)25-10-9-24-16/h3-8,11H,2,9-10,12H2,1H3,(H,20,21). The molecular weight excluding hydrogens is 354 g/mol. The number of carbonyl (C=O) groups excluding carboxylic acids is 2. The average Bonchev–Trinajstić information content (AvgIpc) is 2.67. The van der Waals surface area contributed by atoms with E-state index >= 15 is 0 Å². The zero-order valence-corrected chi connectivity index (χ0v) is 15.1. The van der Waals surface area contributed by atoms with Crippen LogP contribution in [0.15, 0.2) is 47.4 Å². The molecule has 0 aliphatic carbocycles. The molecule has 0 saturated heterocycles. The zero-order valence-electron chi connectivity index (χ0n) is 14.3. The van der Waals surface area contributed by atoms with Crippen molar-refractivity contribution in [3.63, 3.8) is 0 Å². The van der Waals surface area contributed by atoms with Crippen molar-refractivity contribution in [3.8, 4) is 11.5 Å². The van der Waals surface area contributed by atoms with E-state index in [2.05, 4.69) is 5.32 Å². The van der Waals surface area contributed by atoms with Crippen LogP contribution in [0, 0.1) is 0 Å². The number of rotatable bonds is 6. The lowest BCUT2D eigenvalue weighted by Gasteiger charge is -2.18. The normalized spacial score (nSPS) is 12.3. The Morgan fingerprint density at radius 2 is 1.88 bits per heavy atom. The second-order valence-corrected chi connectivity index (χ2v) is 6.46. The van der Waals surface area contributed by atoms with Crippen LogP contribution in [0.2, 0.25) is 0 Å². The van der Waals surface area contributed by atoms with E-state index in [1.165, 1.54) is 11.8 Å². The first-order chi connectivity index (χ1) is 12.7. The second-order valence-electron chi connectivity index (χ2n) is 5.41. The van der Waals surface area contributed by atoms with Gasteiger partial charge in [0.15, 0.2) is 11.5 Å². The predicted octanol–water partition coefficient (Wildman–Crippen LogP) is 3.37. The number of para-hydroxylation sites is 1. The van der Waals surface area contributed by atoms with E-state index in [9.17, 15) is 9.59 Å². The minimum Gasteiger partial charge on any atom is -0.486 e. The number of hydrogen-bond acceptors (Lipinski definition) is 6. The number of nitrogens with one attached hydrogen (secondary N) is 1. The Morgan fingerprint density at radius 1 is 1.12 bits per heavy atom. The number of benzene rings is 2. The van der Waals surface area contributed by atoms with Gasteiger partial charge < -0.3 is 19.5 Å². The van der Waals surface area contributed by atoms with Gasteiger partial charge in [-0.25, -0.2) is 4.79 Å². The predicted molar refractivity (Wildman–Crippen MR) is 99.2 cm³/mol. The summed E-state index contributed by atoms with van der Waals surface area (Å²) < 4.78 is 16.0. The van der Waals surface area contributed by atoms with Crippen molar-refractivity contribution in [2.75, 3.05) is 30.9 Å². The number of anilines is 1. The Balaban J connectivity index is 1.60. The molecule has 2 aromatic carbocycles. The van der Waals surface area contributed by atoms with Crippen molar-refractivity contribution in [2.24, 2.45) is 0 Å². The number of ether oxygens (including phenoxy) is 3. The van der Waals surface area contributed by atoms with Crippen LogP contribution in [0.3, 0.4) is 0 Å². The first kappa shape index (κ1) is 18.1. The summed E-state index contributed by atoms with van der Waals surface area (Å²) in [6, 6.07) is 12.4. The largest absolute Gasteiger partial charge is 0.486 e. The SMILES string of the molecule is CCOC(=O)c1ccccc1NC(=O)CSc1ccc2c(c1)OCCO2. The molecule has 2 aromatic rings. The Labute approximate surface area is 155 Å². The van der Waals surface area contributed by atoms with E-state index in [1.807, 2.05) is 18.2 Å². The molecule has 3 rings (SSSR count). The van der Waals surface area contributed by atoms with Gasteiger partial charge in [0, 0.05) is 4.90 Å². The summed E-state index contributed by atoms with van der Waals surface area (Å²) in [5, 5.41) is 2.77. The lowest BCUT2D eigenvalue weighted by Crippen LogP contribution is -2.17. The molecule has 0 saturated carbocycles. The average molecular weight is 373 g/mol. The molecule has 0 unspecified atom stereocenters. The van der Waals surface area contributed by atoms with Crippen molar-refractivity contribution in [3.05, 3.63) is 48.0 Å². The fraction of sp³-hybridized carbons (Fsp3) is 0.263. The summed E-state index contributed by atoms with van der Waals surface area (Å²) in [6.07, 6.45) is 0. The van der Waals surface area contributed by atoms with E-state index in [-0.39, 0.29) is 18.3 Å². The maximum Gasteiger partial charge on any atom is 0.340 e. The molecular formula is C19H19NO5S. The topological polar surface area (TPSA) is 73.9 Å². The first-order valence-corrected chi connectivity index (χ1v) is 9.24. The number of thioether (sulfide) groups is 1. The maximum absolute atomic E-state index is 12.3. The van der Waals surface area contributed by atoms with Crippen LogP contribution in [0.5, 0.6) is 11.5 Å². The molecule has 1 aliphatic heterocycles. The minimum atomic E-state index is -0.456. The first-order valence-electron chi connectivity index (χ1n) is 8.26. The third-order valence-electron chi connectivity index (χ3n) is 3.58. The molecule has 0 bridgehead atoms. The van der Waals surface area contributed by atoms with Crippen molar-refractivity contribution in [2.45, 2.75) is 11.8 Å². The van der Waals surface area contributed by atoms with Crippen LogP contribution in [-0.2, 0) is 9.53 Å². The molecule has 26 heavy (non-hydrogen) atoms. The zero-order chi connectivity index (χ0) is 18.4. The lowest BCUT2D eigenvalue weighted by molar-refractivity contribution is -0.113. The van der Waals surface area contributed by atoms with Crippen molar-refractivity contribution in [1.29, 1.82) is 0 Å². The number of carbonyl (C=O) groups is 2. The number of esters is 1. The molecule has 6 nitrogen and oxygen atoms in total. The highest BCUT2D eigenvalue weighted by Gasteiger charge is 2.15. The van der Waals surface area contributed by atoms with E-state index in [1.54, 1.807) is 31.2 Å². The Morgan fingerprint density at radius 3 is 2.69 bits per heavy atom. The van der Waals surface area contributed by atoms with Crippen LogP contribution in [-0.4, -0.2) is 37.4 Å². The molecule has 136 valence electrons. The van der Waals surface area contributed by atoms with E-state index < -0.39 is 5.97 Å². The van der Waals surface area contributed by atoms with Gasteiger partial charge in [-0.15, -0.1) is 11.8 Å². The number of fused-ring (bicyclic) bond motifs is 1. The monoisotopic (exact) mass is 373 g/mol. The second kappa shape index (κ2) is 8.62. The van der Waals surface area contributed by atoms with Crippen LogP contribution in [0.25, 0.3) is 0 Å². The van der Waals surface area contributed by atoms with Gasteiger partial charge in [-0.1, -0.05) is 12.1 Å². The van der Waals surface area contributed by atoms with Gasteiger partial charge in [-0.05, 0) is 37.3 Å². The minimum absolute atomic E-state index is 0.205. The number of hydrogen-bond donors (Lipinski definition) is 1. The molecule has 1 amide bonds. The number of amides is 1. The van der Waals surface area contributed by atoms with Gasteiger partial charge >= 0.3 is 5.97 Å². The van der Waals surface area contributed by atoms with Crippen molar-refractivity contribution < 1.29 is 23.8 Å². The van der Waals surface area contributed by atoms with Crippen LogP contribution < -0.4 is 14.8 Å². The van der Waals surface area contributed by atoms with Crippen LogP contribution in [0.4, 0.5) is 5.69 Å². The Bertz CT molecular complexity index is 808. The molecule has 0 atom stereocenters. The summed E-state index contributed by atoms with van der Waals surface area (Å²) in [6.45, 7) is 3.08. The van der Waals surface area contributed by atoms with Gasteiger partial charge in [-0.2, -0.15) is 0 Å². The molecule has 7 heteroatoms. The summed E-state index contributed by atoms with van der Waals surface area (Å²) in [7, 11) is 0. The smallest absolute Gasteiger partial charge is 0.340 e. The van der Waals surface area contributed by atoms with E-state index in [0.717, 1.165) is 4.90 Å². The van der Waals surface area contributed by atoms with Crippen molar-refractivity contribution >= 4 is 29.3 Å². The fourth-order valence-corrected chi connectivity index (χ4v) is 3.15. The van der Waals surface area contributed by atoms with Gasteiger partial charge in [0.25, 0.3) is 0 Å². The highest BCUT2D eigenvalue weighted by atomic mass is 32.2. The third kappa shape index (κ3) is 4.49. The summed E-state index contributed by atoms with van der Waals surface area (Å²) >= 11 is 1.38. The van der Waals surface area contributed by atoms with Gasteiger partial charge in [0.05, 0.1) is 23.6 Å². The lowest BCUT2D eigenvalue weighted by atomic mass is 10.2. The van der Waals surface area contributed by atoms with E-state index in [0.29, 0.717) is 36.0 Å². The van der Waals surface area contributed by atoms with E-state index in [4.69, 9.17) is 14.2 Å². The molecule has 1 N–H and O–H groups in total. The summed E-state index contributed by atoms with van der Waals surface area (Å²) in [4.78, 5) is 25.1. The Hall–Kier alpha value is -2.67. The molecule has 1 heterocycles. The van der Waals surface area contributed by atoms with Crippen LogP contribution in [0.1, 0.15) is 17.3 Å². The fourth-order valence-electron chi connectivity index (χ4n) is 2.43. The highest BCUT2D eigenvalue weighted by Crippen LogP contribution is 2.34. The summed E-state index contributed by atoms with van der Waals surface area (Å²) in [5.41, 5.74) is 0.783. The maximum atomic E-state index is 12.3. The third-order valence-corrected chi connectivity index (χ3v) is 4.57. The molecule has 0 fully saturated rings. The van der Waals surface area contributed by atoms with Gasteiger partial charge in [0.2, 0.25) is 5.91 Å². The molecule has 0 spiro atoms. The van der Waals surface area contributed by atoms with Crippen molar-refractivity contribution in [1.82, 2.24) is 0 Å². The van der Waals surface area contributed by atoms with Crippen LogP contribution >= 0.6 is 11.8 Å².